The van der Waals surface area contributed by atoms with Gasteiger partial charge in [-0.15, -0.1) is 0 Å². The van der Waals surface area contributed by atoms with Crippen LogP contribution in [0.3, 0.4) is 0 Å². The topological polar surface area (TPSA) is 112 Å². The number of benzene rings is 2. The molecular formula is C27H23Br2N3O6S. The molecule has 0 saturated heterocycles. The van der Waals surface area contributed by atoms with E-state index in [4.69, 9.17) is 24.2 Å². The van der Waals surface area contributed by atoms with Crippen LogP contribution in [-0.2, 0) is 9.53 Å². The molecule has 1 aromatic heterocycles. The summed E-state index contributed by atoms with van der Waals surface area (Å²) < 4.78 is 25.1. The molecule has 2 heterocycles. The maximum Gasteiger partial charge on any atom is 0.337 e. The maximum absolute atomic E-state index is 13.8. The van der Waals surface area contributed by atoms with Gasteiger partial charge in [-0.25, -0.2) is 9.79 Å². The van der Waals surface area contributed by atoms with Crippen molar-refractivity contribution in [2.45, 2.75) is 19.9 Å². The molecule has 0 fully saturated rings. The SMILES string of the molecule is CCOc1ccc([C@@H]2C(C(=O)OC)=CN=c3s/c(=C\c4cc(Br)c(OCC#N)c(Br)c4)c(=O)n32)cc1OCC. The van der Waals surface area contributed by atoms with Gasteiger partial charge in [-0.2, -0.15) is 5.26 Å². The number of carbonyl (C=O) groups excluding carboxylic acids is 1. The van der Waals surface area contributed by atoms with Crippen molar-refractivity contribution in [3.8, 4) is 23.3 Å². The third kappa shape index (κ3) is 5.95. The Hall–Kier alpha value is -3.40. The molecule has 2 aromatic carbocycles. The molecule has 0 bridgehead atoms. The third-order valence-corrected chi connectivity index (χ3v) is 7.78. The van der Waals surface area contributed by atoms with Crippen molar-refractivity contribution in [1.82, 2.24) is 4.57 Å². The summed E-state index contributed by atoms with van der Waals surface area (Å²) >= 11 is 8.12. The van der Waals surface area contributed by atoms with Crippen molar-refractivity contribution >= 4 is 55.2 Å². The average molecular weight is 677 g/mol. The lowest BCUT2D eigenvalue weighted by Gasteiger charge is -2.23. The number of methoxy groups -OCH3 is 1. The molecule has 0 saturated carbocycles. The van der Waals surface area contributed by atoms with Gasteiger partial charge >= 0.3 is 5.97 Å². The fourth-order valence-electron chi connectivity index (χ4n) is 4.04. The normalized spacial score (nSPS) is 14.5. The van der Waals surface area contributed by atoms with Gasteiger partial charge in [-0.3, -0.25) is 9.36 Å². The number of esters is 1. The largest absolute Gasteiger partial charge is 0.490 e. The van der Waals surface area contributed by atoms with E-state index in [9.17, 15) is 9.59 Å². The molecule has 0 N–H and O–H groups in total. The second kappa shape index (κ2) is 12.6. The Kier molecular flexibility index (Phi) is 9.27. The highest BCUT2D eigenvalue weighted by Crippen LogP contribution is 2.36. The van der Waals surface area contributed by atoms with Crippen LogP contribution < -0.4 is 29.1 Å². The fraction of sp³-hybridized carbons (Fsp3) is 0.259. The summed E-state index contributed by atoms with van der Waals surface area (Å²) in [5.41, 5.74) is 1.26. The number of ether oxygens (including phenoxy) is 4. The third-order valence-electron chi connectivity index (χ3n) is 5.61. The maximum atomic E-state index is 13.8. The van der Waals surface area contributed by atoms with Gasteiger partial charge in [0.1, 0.15) is 11.8 Å². The zero-order valence-corrected chi connectivity index (χ0v) is 25.2. The number of thiazole rings is 1. The number of nitrogens with zero attached hydrogens (tertiary/aromatic N) is 3. The van der Waals surface area contributed by atoms with E-state index in [1.165, 1.54) is 29.2 Å². The number of aromatic nitrogens is 1. The summed E-state index contributed by atoms with van der Waals surface area (Å²) in [4.78, 5) is 31.4. The molecule has 202 valence electrons. The predicted octanol–water partition coefficient (Wildman–Crippen LogP) is 4.24. The summed E-state index contributed by atoms with van der Waals surface area (Å²) in [6.07, 6.45) is 3.17. The highest BCUT2D eigenvalue weighted by molar-refractivity contribution is 9.11. The summed E-state index contributed by atoms with van der Waals surface area (Å²) in [6, 6.07) is 10.1. The monoisotopic (exact) mass is 675 g/mol. The molecule has 9 nitrogen and oxygen atoms in total. The zero-order chi connectivity index (χ0) is 28.1. The van der Waals surface area contributed by atoms with Gasteiger partial charge < -0.3 is 18.9 Å². The first-order valence-corrected chi connectivity index (χ1v) is 14.2. The van der Waals surface area contributed by atoms with E-state index in [0.29, 0.717) is 59.9 Å². The lowest BCUT2D eigenvalue weighted by atomic mass is 9.97. The number of carbonyl (C=O) groups is 1. The zero-order valence-electron chi connectivity index (χ0n) is 21.2. The van der Waals surface area contributed by atoms with Crippen molar-refractivity contribution in [2.24, 2.45) is 4.99 Å². The standard InChI is InChI=1S/C27H23Br2N3O6S/c1-4-36-20-7-6-16(13-21(20)37-5-2)23-17(26(34)35-3)14-31-27-32(23)25(33)22(39-27)12-15-10-18(28)24(19(29)11-15)38-9-8-30/h6-7,10-14,23H,4-5,9H2,1-3H3/b22-12-/t23-/m1/s1. The smallest absolute Gasteiger partial charge is 0.337 e. The van der Waals surface area contributed by atoms with E-state index in [0.717, 1.165) is 0 Å². The highest BCUT2D eigenvalue weighted by atomic mass is 79.9. The molecule has 0 amide bonds. The first kappa shape index (κ1) is 28.6. The number of fused-ring (bicyclic) bond motifs is 1. The second-order valence-corrected chi connectivity index (χ2v) is 10.7. The summed E-state index contributed by atoms with van der Waals surface area (Å²) in [5, 5.41) is 8.82. The summed E-state index contributed by atoms with van der Waals surface area (Å²) in [7, 11) is 1.29. The van der Waals surface area contributed by atoms with Crippen LogP contribution in [0.15, 0.2) is 60.8 Å². The minimum absolute atomic E-state index is 0.103. The second-order valence-electron chi connectivity index (χ2n) is 8.01. The van der Waals surface area contributed by atoms with Gasteiger partial charge in [-0.05, 0) is 87.2 Å². The predicted molar refractivity (Wildman–Crippen MR) is 153 cm³/mol. The Bertz CT molecular complexity index is 1650. The van der Waals surface area contributed by atoms with Crippen LogP contribution >= 0.6 is 43.2 Å². The Labute approximate surface area is 244 Å². The van der Waals surface area contributed by atoms with Crippen LogP contribution in [0, 0.1) is 11.3 Å². The Balaban J connectivity index is 1.87. The van der Waals surface area contributed by atoms with E-state index in [2.05, 4.69) is 36.9 Å². The quantitative estimate of drug-likeness (QED) is 0.312. The Morgan fingerprint density at radius 3 is 2.46 bits per heavy atom. The molecule has 3 aromatic rings. The fourth-order valence-corrected chi connectivity index (χ4v) is 6.46. The minimum atomic E-state index is -0.786. The summed E-state index contributed by atoms with van der Waals surface area (Å²) in [6.45, 7) is 4.51. The van der Waals surface area contributed by atoms with Gasteiger partial charge in [0.15, 0.2) is 22.9 Å². The molecule has 39 heavy (non-hydrogen) atoms. The van der Waals surface area contributed by atoms with Crippen molar-refractivity contribution < 1.29 is 23.7 Å². The van der Waals surface area contributed by atoms with Gasteiger partial charge in [0.05, 0.1) is 45.4 Å². The van der Waals surface area contributed by atoms with Gasteiger partial charge in [-0.1, -0.05) is 17.4 Å². The molecular weight excluding hydrogens is 654 g/mol. The number of nitriles is 1. The van der Waals surface area contributed by atoms with E-state index in [1.807, 2.05) is 19.9 Å². The molecule has 12 heteroatoms. The Morgan fingerprint density at radius 2 is 1.82 bits per heavy atom. The van der Waals surface area contributed by atoms with Gasteiger partial charge in [0.25, 0.3) is 5.56 Å². The van der Waals surface area contributed by atoms with E-state index in [1.54, 1.807) is 36.4 Å². The molecule has 0 spiro atoms. The van der Waals surface area contributed by atoms with E-state index >= 15 is 0 Å². The van der Waals surface area contributed by atoms with Crippen LogP contribution in [0.4, 0.5) is 0 Å². The van der Waals surface area contributed by atoms with Gasteiger partial charge in [0.2, 0.25) is 0 Å². The van der Waals surface area contributed by atoms with Crippen LogP contribution in [0.1, 0.15) is 31.0 Å². The van der Waals surface area contributed by atoms with Gasteiger partial charge in [0, 0.05) is 6.20 Å². The lowest BCUT2D eigenvalue weighted by molar-refractivity contribution is -0.136. The average Bonchev–Trinajstić information content (AvgIpc) is 3.23. The van der Waals surface area contributed by atoms with Crippen LogP contribution in [0.2, 0.25) is 0 Å². The first-order chi connectivity index (χ1) is 18.8. The molecule has 0 radical (unpaired) electrons. The number of hydrogen-bond donors (Lipinski definition) is 0. The molecule has 1 aliphatic rings. The Morgan fingerprint density at radius 1 is 1.13 bits per heavy atom. The van der Waals surface area contributed by atoms with Crippen molar-refractivity contribution in [2.75, 3.05) is 26.9 Å². The molecule has 4 rings (SSSR count). The van der Waals surface area contributed by atoms with E-state index < -0.39 is 12.0 Å². The molecule has 1 aliphatic heterocycles. The van der Waals surface area contributed by atoms with Crippen LogP contribution in [-0.4, -0.2) is 37.5 Å². The molecule has 0 aliphatic carbocycles. The minimum Gasteiger partial charge on any atom is -0.490 e. The highest BCUT2D eigenvalue weighted by Gasteiger charge is 2.31. The van der Waals surface area contributed by atoms with Crippen molar-refractivity contribution in [3.63, 3.8) is 0 Å². The van der Waals surface area contributed by atoms with E-state index in [-0.39, 0.29) is 17.7 Å². The molecule has 0 unspecified atom stereocenters. The number of hydrogen-bond acceptors (Lipinski definition) is 9. The van der Waals surface area contributed by atoms with Crippen molar-refractivity contribution in [3.05, 3.63) is 81.9 Å². The van der Waals surface area contributed by atoms with Crippen molar-refractivity contribution in [1.29, 1.82) is 5.26 Å². The first-order valence-electron chi connectivity index (χ1n) is 11.8. The van der Waals surface area contributed by atoms with Crippen LogP contribution in [0.25, 0.3) is 6.08 Å². The summed E-state index contributed by atoms with van der Waals surface area (Å²) in [5.74, 6) is 0.968. The number of halogens is 2. The number of rotatable bonds is 9. The lowest BCUT2D eigenvalue weighted by Crippen LogP contribution is -2.39. The van der Waals surface area contributed by atoms with Crippen LogP contribution in [0.5, 0.6) is 17.2 Å². The molecule has 1 atom stereocenters.